The van der Waals surface area contributed by atoms with Crippen molar-refractivity contribution in [2.24, 2.45) is 0 Å². The van der Waals surface area contributed by atoms with Crippen molar-refractivity contribution < 1.29 is 8.42 Å². The summed E-state index contributed by atoms with van der Waals surface area (Å²) >= 11 is 1.22. The third-order valence-electron chi connectivity index (χ3n) is 3.17. The monoisotopic (exact) mass is 324 g/mol. The number of aromatic nitrogens is 2. The van der Waals surface area contributed by atoms with Crippen molar-refractivity contribution in [3.63, 3.8) is 0 Å². The molecular formula is C13H16N4O2S2. The zero-order valence-corrected chi connectivity index (χ0v) is 13.2. The van der Waals surface area contributed by atoms with Gasteiger partial charge >= 0.3 is 0 Å². The van der Waals surface area contributed by atoms with E-state index in [0.29, 0.717) is 12.6 Å². The summed E-state index contributed by atoms with van der Waals surface area (Å²) in [5.41, 5.74) is 0.762. The van der Waals surface area contributed by atoms with Crippen LogP contribution in [0.4, 0.5) is 5.13 Å². The molecule has 2 N–H and O–H groups in total. The number of benzene rings is 1. The molecule has 0 atom stereocenters. The van der Waals surface area contributed by atoms with Gasteiger partial charge in [-0.05, 0) is 31.4 Å². The largest absolute Gasteiger partial charge is 0.310 e. The summed E-state index contributed by atoms with van der Waals surface area (Å²) in [4.78, 5) is 0.283. The second kappa shape index (κ2) is 5.70. The molecule has 0 aliphatic heterocycles. The Balaban J connectivity index is 1.83. The molecule has 1 aliphatic carbocycles. The van der Waals surface area contributed by atoms with E-state index in [2.05, 4.69) is 20.2 Å². The molecule has 0 unspecified atom stereocenters. The summed E-state index contributed by atoms with van der Waals surface area (Å²) in [6.45, 7) is 2.33. The molecule has 1 aliphatic rings. The first-order valence-corrected chi connectivity index (χ1v) is 8.99. The molecule has 1 heterocycles. The van der Waals surface area contributed by atoms with Crippen LogP contribution in [0, 0.1) is 6.92 Å². The molecule has 1 saturated carbocycles. The number of anilines is 1. The van der Waals surface area contributed by atoms with Gasteiger partial charge in [0.05, 0.1) is 4.90 Å². The molecule has 21 heavy (non-hydrogen) atoms. The summed E-state index contributed by atoms with van der Waals surface area (Å²) in [6, 6.07) is 7.54. The molecule has 2 aromatic rings. The van der Waals surface area contributed by atoms with E-state index in [4.69, 9.17) is 0 Å². The average molecular weight is 324 g/mol. The Morgan fingerprint density at radius 3 is 2.71 bits per heavy atom. The van der Waals surface area contributed by atoms with Gasteiger partial charge in [0, 0.05) is 12.6 Å². The quantitative estimate of drug-likeness (QED) is 0.848. The highest BCUT2D eigenvalue weighted by Gasteiger charge is 2.23. The molecule has 0 radical (unpaired) electrons. The van der Waals surface area contributed by atoms with Crippen LogP contribution in [-0.4, -0.2) is 24.7 Å². The van der Waals surface area contributed by atoms with E-state index in [1.807, 2.05) is 12.1 Å². The lowest BCUT2D eigenvalue weighted by Crippen LogP contribution is -2.20. The first-order valence-electron chi connectivity index (χ1n) is 6.69. The zero-order chi connectivity index (χ0) is 14.9. The van der Waals surface area contributed by atoms with E-state index in [-0.39, 0.29) is 10.0 Å². The average Bonchev–Trinajstić information content (AvgIpc) is 3.19. The predicted molar refractivity (Wildman–Crippen MR) is 81.8 cm³/mol. The van der Waals surface area contributed by atoms with Gasteiger partial charge < -0.3 is 5.32 Å². The number of nitrogens with zero attached hydrogens (tertiary/aromatic N) is 2. The van der Waals surface area contributed by atoms with Crippen molar-refractivity contribution in [1.29, 1.82) is 0 Å². The van der Waals surface area contributed by atoms with Crippen LogP contribution in [0.15, 0.2) is 29.2 Å². The van der Waals surface area contributed by atoms with E-state index in [1.54, 1.807) is 19.1 Å². The molecular weight excluding hydrogens is 308 g/mol. The molecule has 0 saturated heterocycles. The highest BCUT2D eigenvalue weighted by Crippen LogP contribution is 2.23. The Bertz CT molecular complexity index is 738. The van der Waals surface area contributed by atoms with Crippen LogP contribution in [-0.2, 0) is 16.6 Å². The van der Waals surface area contributed by atoms with Gasteiger partial charge in [-0.1, -0.05) is 29.5 Å². The van der Waals surface area contributed by atoms with Gasteiger partial charge in [-0.2, -0.15) is 0 Å². The zero-order valence-electron chi connectivity index (χ0n) is 11.5. The number of aryl methyl sites for hydroxylation is 1. The Hall–Kier alpha value is -1.51. The molecule has 1 fully saturated rings. The maximum atomic E-state index is 12.5. The molecule has 1 aromatic carbocycles. The van der Waals surface area contributed by atoms with Crippen LogP contribution in [0.2, 0.25) is 0 Å². The minimum absolute atomic E-state index is 0.283. The third kappa shape index (κ3) is 3.58. The minimum Gasteiger partial charge on any atom is -0.310 e. The highest BCUT2D eigenvalue weighted by atomic mass is 32.2. The van der Waals surface area contributed by atoms with Crippen molar-refractivity contribution >= 4 is 26.5 Å². The molecule has 112 valence electrons. The van der Waals surface area contributed by atoms with Crippen molar-refractivity contribution in [2.45, 2.75) is 37.2 Å². The first kappa shape index (κ1) is 14.4. The maximum Gasteiger partial charge on any atom is 0.264 e. The van der Waals surface area contributed by atoms with Gasteiger partial charge in [-0.15, -0.1) is 10.2 Å². The fourth-order valence-corrected chi connectivity index (χ4v) is 4.02. The van der Waals surface area contributed by atoms with E-state index in [9.17, 15) is 8.42 Å². The summed E-state index contributed by atoms with van der Waals surface area (Å²) in [5, 5.41) is 12.0. The SMILES string of the molecule is Cc1nnc(NS(=O)(=O)c2ccccc2CNC2CC2)s1. The van der Waals surface area contributed by atoms with Gasteiger partial charge in [0.25, 0.3) is 10.0 Å². The third-order valence-corrected chi connectivity index (χ3v) is 5.49. The van der Waals surface area contributed by atoms with E-state index in [1.165, 1.54) is 11.3 Å². The van der Waals surface area contributed by atoms with Crippen molar-refractivity contribution in [2.75, 3.05) is 4.72 Å². The standard InChI is InChI=1S/C13H16N4O2S2/c1-9-15-16-13(20-9)17-21(18,19)12-5-3-2-4-10(12)8-14-11-6-7-11/h2-5,11,14H,6-8H2,1H3,(H,16,17). The van der Waals surface area contributed by atoms with Gasteiger partial charge in [-0.25, -0.2) is 8.42 Å². The first-order chi connectivity index (χ1) is 10.0. The van der Waals surface area contributed by atoms with E-state index < -0.39 is 10.0 Å². The fourth-order valence-electron chi connectivity index (χ4n) is 1.96. The minimum atomic E-state index is -3.64. The molecule has 0 bridgehead atoms. The van der Waals surface area contributed by atoms with Crippen molar-refractivity contribution in [1.82, 2.24) is 15.5 Å². The molecule has 8 heteroatoms. The summed E-state index contributed by atoms with van der Waals surface area (Å²) in [7, 11) is -3.64. The van der Waals surface area contributed by atoms with Crippen LogP contribution in [0.5, 0.6) is 0 Å². The smallest absolute Gasteiger partial charge is 0.264 e. The van der Waals surface area contributed by atoms with Gasteiger partial charge in [0.2, 0.25) is 5.13 Å². The Morgan fingerprint density at radius 2 is 2.05 bits per heavy atom. The Labute approximate surface area is 127 Å². The lowest BCUT2D eigenvalue weighted by Gasteiger charge is -2.11. The van der Waals surface area contributed by atoms with Crippen molar-refractivity contribution in [3.05, 3.63) is 34.8 Å². The van der Waals surface area contributed by atoms with Crippen LogP contribution in [0.25, 0.3) is 0 Å². The number of rotatable bonds is 6. The van der Waals surface area contributed by atoms with Crippen molar-refractivity contribution in [3.8, 4) is 0 Å². The van der Waals surface area contributed by atoms with Gasteiger partial charge in [0.15, 0.2) is 0 Å². The summed E-state index contributed by atoms with van der Waals surface area (Å²) in [5.74, 6) is 0. The second-order valence-electron chi connectivity index (χ2n) is 4.99. The topological polar surface area (TPSA) is 84.0 Å². The van der Waals surface area contributed by atoms with Crippen LogP contribution >= 0.6 is 11.3 Å². The lowest BCUT2D eigenvalue weighted by molar-refractivity contribution is 0.597. The normalized spacial score (nSPS) is 15.1. The summed E-state index contributed by atoms with van der Waals surface area (Å²) in [6.07, 6.45) is 2.33. The highest BCUT2D eigenvalue weighted by molar-refractivity contribution is 7.93. The van der Waals surface area contributed by atoms with Crippen LogP contribution in [0.3, 0.4) is 0 Å². The van der Waals surface area contributed by atoms with Gasteiger partial charge in [-0.3, -0.25) is 4.72 Å². The lowest BCUT2D eigenvalue weighted by atomic mass is 10.2. The van der Waals surface area contributed by atoms with E-state index in [0.717, 1.165) is 23.4 Å². The van der Waals surface area contributed by atoms with Crippen LogP contribution < -0.4 is 10.0 Å². The molecule has 6 nitrogen and oxygen atoms in total. The summed E-state index contributed by atoms with van der Waals surface area (Å²) < 4.78 is 27.5. The molecule has 3 rings (SSSR count). The Kier molecular flexibility index (Phi) is 3.92. The fraction of sp³-hybridized carbons (Fsp3) is 0.385. The Morgan fingerprint density at radius 1 is 1.29 bits per heavy atom. The number of hydrogen-bond acceptors (Lipinski definition) is 6. The van der Waals surface area contributed by atoms with Gasteiger partial charge in [0.1, 0.15) is 5.01 Å². The predicted octanol–water partition coefficient (Wildman–Crippen LogP) is 1.90. The maximum absolute atomic E-state index is 12.5. The van der Waals surface area contributed by atoms with Crippen LogP contribution in [0.1, 0.15) is 23.4 Å². The van der Waals surface area contributed by atoms with E-state index >= 15 is 0 Å². The number of nitrogens with one attached hydrogen (secondary N) is 2. The molecule has 0 spiro atoms. The number of hydrogen-bond donors (Lipinski definition) is 2. The molecule has 0 amide bonds. The number of sulfonamides is 1. The second-order valence-corrected chi connectivity index (χ2v) is 7.83. The molecule has 1 aromatic heterocycles.